The third kappa shape index (κ3) is 5.96. The van der Waals surface area contributed by atoms with E-state index in [1.165, 1.54) is 6.08 Å². The molecule has 2 aromatic carbocycles. The summed E-state index contributed by atoms with van der Waals surface area (Å²) in [6, 6.07) is 16.0. The van der Waals surface area contributed by atoms with Crippen molar-refractivity contribution < 1.29 is 9.63 Å². The molecule has 0 unspecified atom stereocenters. The highest BCUT2D eigenvalue weighted by Crippen LogP contribution is 2.22. The van der Waals surface area contributed by atoms with Gasteiger partial charge in [-0.3, -0.25) is 4.79 Å². The molecule has 0 saturated heterocycles. The van der Waals surface area contributed by atoms with Gasteiger partial charge in [0.1, 0.15) is 24.6 Å². The molecule has 0 heterocycles. The van der Waals surface area contributed by atoms with Gasteiger partial charge in [-0.1, -0.05) is 64.8 Å². The zero-order valence-corrected chi connectivity index (χ0v) is 14.5. The minimum absolute atomic E-state index is 0.0397. The van der Waals surface area contributed by atoms with Crippen molar-refractivity contribution in [2.45, 2.75) is 6.61 Å². The van der Waals surface area contributed by atoms with E-state index in [9.17, 15) is 4.79 Å². The molecule has 1 amide bonds. The van der Waals surface area contributed by atoms with E-state index in [-0.39, 0.29) is 12.2 Å². The Morgan fingerprint density at radius 1 is 1.20 bits per heavy atom. The summed E-state index contributed by atoms with van der Waals surface area (Å²) < 4.78 is 0. The first-order valence-electron chi connectivity index (χ1n) is 7.15. The second-order valence-electron chi connectivity index (χ2n) is 4.81. The maximum Gasteiger partial charge on any atom is 0.267 e. The Bertz CT molecular complexity index is 843. The summed E-state index contributed by atoms with van der Waals surface area (Å²) in [6.45, 7) is 0.161. The highest BCUT2D eigenvalue weighted by molar-refractivity contribution is 6.42. The molecular formula is C18H13Cl2N3O2. The number of amides is 1. The predicted octanol–water partition coefficient (Wildman–Crippen LogP) is 4.18. The summed E-state index contributed by atoms with van der Waals surface area (Å²) in [5, 5.41) is 15.9. The standard InChI is InChI=1S/C18H13Cl2N3O2/c19-16-7-6-14(9-17(16)20)11-25-23-12-22-18(24)15(10-21)8-13-4-2-1-3-5-13/h1-9,12H,11H2,(H,22,23,24). The fourth-order valence-electron chi connectivity index (χ4n) is 1.81. The number of nitrogens with one attached hydrogen (secondary N) is 1. The average molecular weight is 374 g/mol. The van der Waals surface area contributed by atoms with Gasteiger partial charge in [-0.2, -0.15) is 5.26 Å². The number of rotatable bonds is 6. The number of nitriles is 1. The van der Waals surface area contributed by atoms with E-state index in [1.54, 1.807) is 30.3 Å². The normalized spacial score (nSPS) is 11.2. The van der Waals surface area contributed by atoms with E-state index >= 15 is 0 Å². The molecule has 1 N–H and O–H groups in total. The minimum Gasteiger partial charge on any atom is -0.390 e. The van der Waals surface area contributed by atoms with E-state index in [0.717, 1.165) is 17.5 Å². The van der Waals surface area contributed by atoms with Crippen molar-refractivity contribution >= 4 is 41.5 Å². The largest absolute Gasteiger partial charge is 0.390 e. The molecule has 0 radical (unpaired) electrons. The first kappa shape index (κ1) is 18.5. The lowest BCUT2D eigenvalue weighted by Crippen LogP contribution is -2.22. The zero-order valence-electron chi connectivity index (χ0n) is 12.9. The summed E-state index contributed by atoms with van der Waals surface area (Å²) in [6.07, 6.45) is 2.57. The van der Waals surface area contributed by atoms with Crippen LogP contribution in [0, 0.1) is 11.3 Å². The van der Waals surface area contributed by atoms with Gasteiger partial charge in [0.25, 0.3) is 5.91 Å². The second-order valence-corrected chi connectivity index (χ2v) is 5.62. The van der Waals surface area contributed by atoms with E-state index in [0.29, 0.717) is 10.0 Å². The predicted molar refractivity (Wildman–Crippen MR) is 97.9 cm³/mol. The van der Waals surface area contributed by atoms with Gasteiger partial charge in [0.05, 0.1) is 10.0 Å². The van der Waals surface area contributed by atoms with Crippen LogP contribution in [0.3, 0.4) is 0 Å². The Balaban J connectivity index is 1.86. The number of hydrogen-bond donors (Lipinski definition) is 1. The van der Waals surface area contributed by atoms with Crippen molar-refractivity contribution in [3.63, 3.8) is 0 Å². The Morgan fingerprint density at radius 2 is 1.96 bits per heavy atom. The van der Waals surface area contributed by atoms with Crippen LogP contribution in [0.5, 0.6) is 0 Å². The fourth-order valence-corrected chi connectivity index (χ4v) is 2.13. The van der Waals surface area contributed by atoms with Crippen LogP contribution >= 0.6 is 23.2 Å². The molecule has 126 valence electrons. The van der Waals surface area contributed by atoms with Gasteiger partial charge in [0, 0.05) is 0 Å². The summed E-state index contributed by atoms with van der Waals surface area (Å²) >= 11 is 11.7. The van der Waals surface area contributed by atoms with Gasteiger partial charge in [-0.25, -0.2) is 0 Å². The molecule has 0 bridgehead atoms. The molecule has 2 aromatic rings. The van der Waals surface area contributed by atoms with Gasteiger partial charge in [-0.15, -0.1) is 0 Å². The van der Waals surface area contributed by atoms with E-state index in [1.807, 2.05) is 24.3 Å². The van der Waals surface area contributed by atoms with Crippen molar-refractivity contribution in [1.82, 2.24) is 5.32 Å². The molecule has 0 aliphatic carbocycles. The van der Waals surface area contributed by atoms with Gasteiger partial charge >= 0.3 is 0 Å². The fraction of sp³-hybridized carbons (Fsp3) is 0.0556. The molecule has 0 saturated carbocycles. The smallest absolute Gasteiger partial charge is 0.267 e. The SMILES string of the molecule is N#CC(=Cc1ccccc1)C(=O)N/C=N/OCc1ccc(Cl)c(Cl)c1. The molecule has 0 fully saturated rings. The van der Waals surface area contributed by atoms with Crippen LogP contribution in [-0.2, 0) is 16.2 Å². The van der Waals surface area contributed by atoms with E-state index < -0.39 is 5.91 Å². The highest BCUT2D eigenvalue weighted by Gasteiger charge is 2.07. The van der Waals surface area contributed by atoms with Crippen molar-refractivity contribution in [1.29, 1.82) is 5.26 Å². The van der Waals surface area contributed by atoms with Crippen molar-refractivity contribution in [2.75, 3.05) is 0 Å². The average Bonchev–Trinajstić information content (AvgIpc) is 2.63. The zero-order chi connectivity index (χ0) is 18.1. The summed E-state index contributed by atoms with van der Waals surface area (Å²) in [5.41, 5.74) is 1.49. The molecule has 2 rings (SSSR count). The molecule has 0 spiro atoms. The number of benzene rings is 2. The van der Waals surface area contributed by atoms with Crippen molar-refractivity contribution in [2.24, 2.45) is 5.16 Å². The minimum atomic E-state index is -0.576. The Morgan fingerprint density at radius 3 is 2.64 bits per heavy atom. The third-order valence-corrected chi connectivity index (χ3v) is 3.75. The molecular weight excluding hydrogens is 361 g/mol. The maximum atomic E-state index is 11.9. The lowest BCUT2D eigenvalue weighted by Gasteiger charge is -2.02. The molecule has 25 heavy (non-hydrogen) atoms. The van der Waals surface area contributed by atoms with Crippen LogP contribution in [0.1, 0.15) is 11.1 Å². The first-order valence-corrected chi connectivity index (χ1v) is 7.91. The first-order chi connectivity index (χ1) is 12.1. The summed E-state index contributed by atoms with van der Waals surface area (Å²) in [5.74, 6) is -0.576. The second kappa shape index (κ2) is 9.48. The van der Waals surface area contributed by atoms with E-state index in [4.69, 9.17) is 33.3 Å². The lowest BCUT2D eigenvalue weighted by molar-refractivity contribution is -0.115. The van der Waals surface area contributed by atoms with Crippen LogP contribution in [0.2, 0.25) is 10.0 Å². The van der Waals surface area contributed by atoms with Crippen LogP contribution in [-0.4, -0.2) is 12.2 Å². The lowest BCUT2D eigenvalue weighted by atomic mass is 10.1. The van der Waals surface area contributed by atoms with Gasteiger partial charge in [0.15, 0.2) is 0 Å². The molecule has 0 aliphatic rings. The van der Waals surface area contributed by atoms with E-state index in [2.05, 4.69) is 10.5 Å². The summed E-state index contributed by atoms with van der Waals surface area (Å²) in [7, 11) is 0. The molecule has 5 nitrogen and oxygen atoms in total. The number of carbonyl (C=O) groups is 1. The van der Waals surface area contributed by atoms with Crippen LogP contribution in [0.25, 0.3) is 6.08 Å². The topological polar surface area (TPSA) is 74.5 Å². The van der Waals surface area contributed by atoms with Gasteiger partial charge in [0.2, 0.25) is 0 Å². The molecule has 0 aromatic heterocycles. The van der Waals surface area contributed by atoms with Crippen LogP contribution in [0.15, 0.2) is 59.3 Å². The molecule has 0 aliphatic heterocycles. The molecule has 0 atom stereocenters. The monoisotopic (exact) mass is 373 g/mol. The maximum absolute atomic E-state index is 11.9. The Hall–Kier alpha value is -2.81. The Labute approximate surface area is 155 Å². The number of hydrogen-bond acceptors (Lipinski definition) is 4. The Kier molecular flexibility index (Phi) is 7.02. The third-order valence-electron chi connectivity index (χ3n) is 3.01. The quantitative estimate of drug-likeness (QED) is 0.271. The number of halogens is 2. The van der Waals surface area contributed by atoms with Crippen LogP contribution < -0.4 is 5.32 Å². The number of carbonyl (C=O) groups excluding carboxylic acids is 1. The summed E-state index contributed by atoms with van der Waals surface area (Å²) in [4.78, 5) is 17.0. The number of nitrogens with zero attached hydrogens (tertiary/aromatic N) is 2. The van der Waals surface area contributed by atoms with Gasteiger partial charge < -0.3 is 10.2 Å². The van der Waals surface area contributed by atoms with Gasteiger partial charge in [-0.05, 0) is 29.3 Å². The molecule has 7 heteroatoms. The number of oxime groups is 1. The van der Waals surface area contributed by atoms with Crippen molar-refractivity contribution in [3.05, 3.63) is 75.3 Å². The highest BCUT2D eigenvalue weighted by atomic mass is 35.5. The van der Waals surface area contributed by atoms with Crippen molar-refractivity contribution in [3.8, 4) is 6.07 Å². The van der Waals surface area contributed by atoms with Crippen LogP contribution in [0.4, 0.5) is 0 Å².